The lowest BCUT2D eigenvalue weighted by molar-refractivity contribution is 1.10. The van der Waals surface area contributed by atoms with Crippen LogP contribution in [0.1, 0.15) is 0 Å². The molecule has 0 unspecified atom stereocenters. The Morgan fingerprint density at radius 3 is 1.74 bits per heavy atom. The van der Waals surface area contributed by atoms with E-state index in [0.29, 0.717) is 0 Å². The molecule has 0 aliphatic rings. The first-order chi connectivity index (χ1) is 24.8. The van der Waals surface area contributed by atoms with Gasteiger partial charge in [0.05, 0.1) is 27.6 Å². The van der Waals surface area contributed by atoms with E-state index in [4.69, 9.17) is 9.97 Å². The van der Waals surface area contributed by atoms with E-state index in [2.05, 4.69) is 173 Å². The number of benzene rings is 8. The van der Waals surface area contributed by atoms with Gasteiger partial charge in [-0.05, 0) is 57.6 Å². The number of hydrogen-bond acceptors (Lipinski definition) is 2. The van der Waals surface area contributed by atoms with Crippen LogP contribution in [0.2, 0.25) is 0 Å². The molecule has 3 heterocycles. The van der Waals surface area contributed by atoms with E-state index in [1.54, 1.807) is 0 Å². The van der Waals surface area contributed by atoms with Crippen molar-refractivity contribution in [2.75, 3.05) is 0 Å². The molecule has 0 aliphatic heterocycles. The van der Waals surface area contributed by atoms with Gasteiger partial charge in [0.25, 0.3) is 0 Å². The van der Waals surface area contributed by atoms with E-state index in [1.165, 1.54) is 32.3 Å². The second kappa shape index (κ2) is 10.4. The maximum atomic E-state index is 5.42. The molecule has 4 heteroatoms. The zero-order chi connectivity index (χ0) is 32.8. The van der Waals surface area contributed by atoms with E-state index in [0.717, 1.165) is 66.8 Å². The van der Waals surface area contributed by atoms with Crippen LogP contribution in [-0.2, 0) is 0 Å². The summed E-state index contributed by atoms with van der Waals surface area (Å²) in [5, 5.41) is 8.43. The highest BCUT2D eigenvalue weighted by atomic mass is 15.1. The molecule has 50 heavy (non-hydrogen) atoms. The van der Waals surface area contributed by atoms with Gasteiger partial charge in [0.2, 0.25) is 0 Å². The number of rotatable bonds is 3. The number of fused-ring (bicyclic) bond motifs is 14. The maximum absolute atomic E-state index is 5.42. The smallest absolute Gasteiger partial charge is 0.146 e. The fourth-order valence-electron chi connectivity index (χ4n) is 8.03. The Balaban J connectivity index is 1.16. The van der Waals surface area contributed by atoms with Crippen LogP contribution < -0.4 is 0 Å². The summed E-state index contributed by atoms with van der Waals surface area (Å²) < 4.78 is 4.66. The molecule has 0 spiro atoms. The molecular formula is C46H28N4. The van der Waals surface area contributed by atoms with E-state index in [-0.39, 0.29) is 0 Å². The molecule has 11 aromatic rings. The lowest BCUT2D eigenvalue weighted by Crippen LogP contribution is -1.97. The Morgan fingerprint density at radius 2 is 0.960 bits per heavy atom. The number of nitrogens with zero attached hydrogens (tertiary/aromatic N) is 4. The van der Waals surface area contributed by atoms with Crippen molar-refractivity contribution < 1.29 is 0 Å². The van der Waals surface area contributed by atoms with Gasteiger partial charge in [0.1, 0.15) is 11.5 Å². The van der Waals surface area contributed by atoms with Crippen LogP contribution >= 0.6 is 0 Å². The molecule has 0 N–H and O–H groups in total. The molecule has 232 valence electrons. The lowest BCUT2D eigenvalue weighted by atomic mass is 9.98. The third-order valence-electron chi connectivity index (χ3n) is 10.3. The van der Waals surface area contributed by atoms with Gasteiger partial charge in [0, 0.05) is 32.8 Å². The zero-order valence-electron chi connectivity index (χ0n) is 27.0. The minimum absolute atomic E-state index is 0.930. The molecular weight excluding hydrogens is 609 g/mol. The summed E-state index contributed by atoms with van der Waals surface area (Å²) >= 11 is 0. The molecule has 0 amide bonds. The van der Waals surface area contributed by atoms with Crippen molar-refractivity contribution in [3.63, 3.8) is 0 Å². The van der Waals surface area contributed by atoms with Gasteiger partial charge in [-0.1, -0.05) is 140 Å². The fraction of sp³-hybridized carbons (Fsp3) is 0. The lowest BCUT2D eigenvalue weighted by Gasteiger charge is -2.13. The summed E-state index contributed by atoms with van der Waals surface area (Å²) in [5.74, 6) is 0.930. The molecule has 11 rings (SSSR count). The Kier molecular flexibility index (Phi) is 5.63. The van der Waals surface area contributed by atoms with Crippen molar-refractivity contribution in [2.24, 2.45) is 0 Å². The molecule has 0 bridgehead atoms. The number of pyridine rings is 1. The molecule has 4 nitrogen and oxygen atoms in total. The average Bonchev–Trinajstić information content (AvgIpc) is 3.79. The van der Waals surface area contributed by atoms with Gasteiger partial charge < -0.3 is 0 Å². The van der Waals surface area contributed by atoms with E-state index in [9.17, 15) is 0 Å². The molecule has 0 saturated carbocycles. The minimum Gasteiger partial charge on any atom is -0.292 e. The van der Waals surface area contributed by atoms with E-state index >= 15 is 0 Å². The largest absolute Gasteiger partial charge is 0.292 e. The first kappa shape index (κ1) is 27.2. The second-order valence-electron chi connectivity index (χ2n) is 13.0. The highest BCUT2D eigenvalue weighted by Gasteiger charge is 2.19. The van der Waals surface area contributed by atoms with Crippen LogP contribution in [0, 0.1) is 0 Å². The maximum Gasteiger partial charge on any atom is 0.146 e. The highest BCUT2D eigenvalue weighted by Crippen LogP contribution is 2.40. The number of imidazole rings is 2. The van der Waals surface area contributed by atoms with Crippen LogP contribution in [0.4, 0.5) is 0 Å². The predicted molar refractivity (Wildman–Crippen MR) is 208 cm³/mol. The number of hydrogen-bond donors (Lipinski definition) is 0. The first-order valence-corrected chi connectivity index (χ1v) is 17.0. The predicted octanol–water partition coefficient (Wildman–Crippen LogP) is 11.8. The molecule has 0 aliphatic carbocycles. The summed E-state index contributed by atoms with van der Waals surface area (Å²) in [7, 11) is 0. The first-order valence-electron chi connectivity index (χ1n) is 17.0. The summed E-state index contributed by atoms with van der Waals surface area (Å²) in [6, 6.07) is 60.6. The Bertz CT molecular complexity index is 3130. The third kappa shape index (κ3) is 3.81. The van der Waals surface area contributed by atoms with E-state index in [1.807, 2.05) is 6.07 Å². The van der Waals surface area contributed by atoms with Gasteiger partial charge in [-0.2, -0.15) is 0 Å². The van der Waals surface area contributed by atoms with Gasteiger partial charge in [0.15, 0.2) is 0 Å². The van der Waals surface area contributed by atoms with Gasteiger partial charge in [-0.3, -0.25) is 8.97 Å². The van der Waals surface area contributed by atoms with Crippen molar-refractivity contribution in [3.8, 4) is 28.2 Å². The van der Waals surface area contributed by atoms with Crippen LogP contribution in [0.5, 0.6) is 0 Å². The third-order valence-corrected chi connectivity index (χ3v) is 10.3. The molecule has 0 atom stereocenters. The zero-order valence-corrected chi connectivity index (χ0v) is 27.0. The fourth-order valence-corrected chi connectivity index (χ4v) is 8.03. The van der Waals surface area contributed by atoms with Crippen LogP contribution in [0.25, 0.3) is 99.1 Å². The Hall–Kier alpha value is -6.78. The Morgan fingerprint density at radius 1 is 0.380 bits per heavy atom. The van der Waals surface area contributed by atoms with Crippen molar-refractivity contribution in [3.05, 3.63) is 170 Å². The van der Waals surface area contributed by atoms with E-state index < -0.39 is 0 Å². The van der Waals surface area contributed by atoms with Gasteiger partial charge >= 0.3 is 0 Å². The summed E-state index contributed by atoms with van der Waals surface area (Å²) in [6.07, 6.45) is 0. The SMILES string of the molecule is c1ccc(-n2c(-c3ccc(-c4ccc5c6ccccc6c6nc7c8ccccc8c8ccccc8c7n6c5c4)cc3)nc3ccccc32)cc1. The average molecular weight is 637 g/mol. The quantitative estimate of drug-likeness (QED) is 0.181. The molecule has 8 aromatic carbocycles. The van der Waals surface area contributed by atoms with Crippen molar-refractivity contribution in [1.82, 2.24) is 18.9 Å². The van der Waals surface area contributed by atoms with Crippen molar-refractivity contribution >= 4 is 70.9 Å². The summed E-state index contributed by atoms with van der Waals surface area (Å²) in [6.45, 7) is 0. The normalized spacial score (nSPS) is 12.0. The Labute approximate surface area is 287 Å². The topological polar surface area (TPSA) is 35.1 Å². The number of para-hydroxylation sites is 3. The molecule has 0 fully saturated rings. The standard InChI is InChI=1S/C46H28N4/c1-2-12-32(13-3-1)49-41-21-11-10-20-40(41)47-45(49)30-24-22-29(23-25-30)31-26-27-36-35-16-6-9-19-39(35)46-48-43-37-17-7-4-14-33(37)34-15-5-8-18-38(34)44(43)50(46)42(36)28-31/h1-28H. The summed E-state index contributed by atoms with van der Waals surface area (Å²) in [4.78, 5) is 10.5. The van der Waals surface area contributed by atoms with Crippen molar-refractivity contribution in [1.29, 1.82) is 0 Å². The van der Waals surface area contributed by atoms with Crippen LogP contribution in [0.3, 0.4) is 0 Å². The van der Waals surface area contributed by atoms with Crippen molar-refractivity contribution in [2.45, 2.75) is 0 Å². The monoisotopic (exact) mass is 636 g/mol. The van der Waals surface area contributed by atoms with Crippen LogP contribution in [-0.4, -0.2) is 18.9 Å². The number of aromatic nitrogens is 4. The molecule has 0 radical (unpaired) electrons. The van der Waals surface area contributed by atoms with Crippen LogP contribution in [0.15, 0.2) is 170 Å². The second-order valence-corrected chi connectivity index (χ2v) is 13.0. The highest BCUT2D eigenvalue weighted by molar-refractivity contribution is 6.26. The van der Waals surface area contributed by atoms with Gasteiger partial charge in [-0.15, -0.1) is 0 Å². The summed E-state index contributed by atoms with van der Waals surface area (Å²) in [5.41, 5.74) is 10.9. The minimum atomic E-state index is 0.930. The molecule has 0 saturated heterocycles. The van der Waals surface area contributed by atoms with Gasteiger partial charge in [-0.25, -0.2) is 9.97 Å². The molecule has 3 aromatic heterocycles.